The van der Waals surface area contributed by atoms with Crippen molar-refractivity contribution in [2.45, 2.75) is 45.1 Å². The number of hydrogen-bond acceptors (Lipinski definition) is 3. The zero-order valence-corrected chi connectivity index (χ0v) is 12.9. The first kappa shape index (κ1) is 17.6. The van der Waals surface area contributed by atoms with Crippen LogP contribution < -0.4 is 10.1 Å². The summed E-state index contributed by atoms with van der Waals surface area (Å²) < 4.78 is 46.4. The predicted octanol–water partition coefficient (Wildman–Crippen LogP) is 4.12. The van der Waals surface area contributed by atoms with Gasteiger partial charge in [0.2, 0.25) is 5.91 Å². The molecule has 1 aromatic carbocycles. The van der Waals surface area contributed by atoms with E-state index in [9.17, 15) is 18.0 Å². The highest BCUT2D eigenvalue weighted by Crippen LogP contribution is 2.30. The highest BCUT2D eigenvalue weighted by molar-refractivity contribution is 5.93. The van der Waals surface area contributed by atoms with Crippen molar-refractivity contribution in [1.82, 2.24) is 0 Å². The van der Waals surface area contributed by atoms with Crippen LogP contribution in [0, 0.1) is 5.92 Å². The van der Waals surface area contributed by atoms with Crippen molar-refractivity contribution in [3.8, 4) is 5.75 Å². The molecule has 1 aromatic rings. The van der Waals surface area contributed by atoms with E-state index in [1.54, 1.807) is 0 Å². The number of amides is 1. The van der Waals surface area contributed by atoms with E-state index in [0.717, 1.165) is 31.7 Å². The number of alkyl halides is 3. The third kappa shape index (κ3) is 6.09. The van der Waals surface area contributed by atoms with Crippen LogP contribution in [0.1, 0.15) is 32.6 Å². The summed E-state index contributed by atoms with van der Waals surface area (Å²) >= 11 is 0. The first-order valence-electron chi connectivity index (χ1n) is 7.59. The van der Waals surface area contributed by atoms with Gasteiger partial charge in [0.1, 0.15) is 6.61 Å². The van der Waals surface area contributed by atoms with E-state index in [1.807, 2.05) is 0 Å². The van der Waals surface area contributed by atoms with E-state index >= 15 is 0 Å². The Hall–Kier alpha value is -1.76. The summed E-state index contributed by atoms with van der Waals surface area (Å²) in [5, 5.41) is 2.39. The molecule has 128 valence electrons. The maximum atomic E-state index is 12.3. The number of nitrogens with one attached hydrogen (secondary N) is 1. The van der Waals surface area contributed by atoms with Gasteiger partial charge in [-0.1, -0.05) is 31.9 Å². The Morgan fingerprint density at radius 3 is 2.74 bits per heavy atom. The molecule has 1 aliphatic carbocycles. The molecule has 0 saturated heterocycles. The topological polar surface area (TPSA) is 47.6 Å². The zero-order valence-electron chi connectivity index (χ0n) is 12.9. The molecule has 2 rings (SSSR count). The average Bonchev–Trinajstić information content (AvgIpc) is 2.46. The summed E-state index contributed by atoms with van der Waals surface area (Å²) in [7, 11) is 0. The van der Waals surface area contributed by atoms with Gasteiger partial charge in [-0.2, -0.15) is 0 Å². The van der Waals surface area contributed by atoms with Gasteiger partial charge in [0, 0.05) is 0 Å². The van der Waals surface area contributed by atoms with E-state index in [1.165, 1.54) is 18.2 Å². The van der Waals surface area contributed by atoms with Crippen LogP contribution in [0.3, 0.4) is 0 Å². The summed E-state index contributed by atoms with van der Waals surface area (Å²) in [6, 6.07) is 5.41. The molecule has 1 fully saturated rings. The molecule has 23 heavy (non-hydrogen) atoms. The van der Waals surface area contributed by atoms with Crippen molar-refractivity contribution < 1.29 is 27.4 Å². The lowest BCUT2D eigenvalue weighted by Crippen LogP contribution is -2.27. The lowest BCUT2D eigenvalue weighted by Gasteiger charge is -2.26. The van der Waals surface area contributed by atoms with Crippen molar-refractivity contribution in [2.24, 2.45) is 5.92 Å². The quantitative estimate of drug-likeness (QED) is 0.883. The van der Waals surface area contributed by atoms with Crippen LogP contribution in [-0.2, 0) is 9.53 Å². The van der Waals surface area contributed by atoms with Gasteiger partial charge in [-0.25, -0.2) is 0 Å². The molecule has 2 atom stereocenters. The van der Waals surface area contributed by atoms with Crippen LogP contribution in [0.15, 0.2) is 24.3 Å². The Labute approximate surface area is 133 Å². The Kier molecular flexibility index (Phi) is 5.87. The number of rotatable bonds is 5. The molecular weight excluding hydrogens is 311 g/mol. The molecule has 0 aliphatic heterocycles. The predicted molar refractivity (Wildman–Crippen MR) is 79.1 cm³/mol. The van der Waals surface area contributed by atoms with Crippen LogP contribution in [0.5, 0.6) is 5.75 Å². The molecule has 1 aliphatic rings. The Morgan fingerprint density at radius 1 is 1.30 bits per heavy atom. The molecule has 1 saturated carbocycles. The van der Waals surface area contributed by atoms with E-state index in [0.29, 0.717) is 5.92 Å². The molecule has 0 bridgehead atoms. The average molecular weight is 331 g/mol. The second-order valence-electron chi connectivity index (χ2n) is 5.80. The number of anilines is 1. The monoisotopic (exact) mass is 331 g/mol. The number of ether oxygens (including phenoxy) is 2. The van der Waals surface area contributed by atoms with Crippen LogP contribution in [0.25, 0.3) is 0 Å². The fourth-order valence-electron chi connectivity index (χ4n) is 2.69. The van der Waals surface area contributed by atoms with Gasteiger partial charge < -0.3 is 14.8 Å². The summed E-state index contributed by atoms with van der Waals surface area (Å²) in [6.07, 6.45) is -0.738. The molecule has 0 radical (unpaired) electrons. The highest BCUT2D eigenvalue weighted by Gasteiger charge is 2.32. The highest BCUT2D eigenvalue weighted by atomic mass is 19.4. The van der Waals surface area contributed by atoms with Gasteiger partial charge in [0.05, 0.1) is 11.8 Å². The largest absolute Gasteiger partial charge is 0.573 e. The van der Waals surface area contributed by atoms with Gasteiger partial charge in [0.15, 0.2) is 5.75 Å². The van der Waals surface area contributed by atoms with E-state index in [-0.39, 0.29) is 18.4 Å². The standard InChI is InChI=1S/C16H20F3NO3/c1-11-5-4-6-12(9-11)22-10-15(21)20-13-7-2-3-8-14(13)23-16(17,18)19/h2-3,7-8,11-12H,4-6,9-10H2,1H3,(H,20,21). The second-order valence-corrected chi connectivity index (χ2v) is 5.80. The van der Waals surface area contributed by atoms with Gasteiger partial charge in [0.25, 0.3) is 0 Å². The Morgan fingerprint density at radius 2 is 2.04 bits per heavy atom. The van der Waals surface area contributed by atoms with Crippen molar-refractivity contribution >= 4 is 11.6 Å². The van der Waals surface area contributed by atoms with Crippen molar-refractivity contribution in [3.05, 3.63) is 24.3 Å². The maximum Gasteiger partial charge on any atom is 0.573 e. The Bertz CT molecular complexity index is 534. The molecule has 2 unspecified atom stereocenters. The number of halogens is 3. The minimum atomic E-state index is -4.81. The summed E-state index contributed by atoms with van der Waals surface area (Å²) in [6.45, 7) is 1.96. The van der Waals surface area contributed by atoms with Gasteiger partial charge in [-0.05, 0) is 30.9 Å². The number of benzene rings is 1. The maximum absolute atomic E-state index is 12.3. The third-order valence-electron chi connectivity index (χ3n) is 3.73. The first-order valence-corrected chi connectivity index (χ1v) is 7.59. The molecule has 7 heteroatoms. The van der Waals surface area contributed by atoms with Crippen LogP contribution in [-0.4, -0.2) is 25.0 Å². The van der Waals surface area contributed by atoms with Gasteiger partial charge in [-0.3, -0.25) is 4.79 Å². The molecule has 1 amide bonds. The number of para-hydroxylation sites is 2. The van der Waals surface area contributed by atoms with E-state index in [2.05, 4.69) is 17.0 Å². The van der Waals surface area contributed by atoms with Crippen molar-refractivity contribution in [1.29, 1.82) is 0 Å². The number of hydrogen-bond donors (Lipinski definition) is 1. The minimum absolute atomic E-state index is 0.0320. The van der Waals surface area contributed by atoms with Gasteiger partial charge >= 0.3 is 6.36 Å². The first-order chi connectivity index (χ1) is 10.8. The van der Waals surface area contributed by atoms with Crippen LogP contribution in [0.4, 0.5) is 18.9 Å². The van der Waals surface area contributed by atoms with Gasteiger partial charge in [-0.15, -0.1) is 13.2 Å². The SMILES string of the molecule is CC1CCCC(OCC(=O)Nc2ccccc2OC(F)(F)F)C1. The second kappa shape index (κ2) is 7.68. The van der Waals surface area contributed by atoms with Crippen LogP contribution in [0.2, 0.25) is 0 Å². The van der Waals surface area contributed by atoms with E-state index < -0.39 is 18.0 Å². The summed E-state index contributed by atoms with van der Waals surface area (Å²) in [5.74, 6) is -0.376. The molecule has 4 nitrogen and oxygen atoms in total. The lowest BCUT2D eigenvalue weighted by atomic mass is 9.89. The smallest absolute Gasteiger partial charge is 0.404 e. The minimum Gasteiger partial charge on any atom is -0.404 e. The summed E-state index contributed by atoms with van der Waals surface area (Å²) in [4.78, 5) is 11.9. The van der Waals surface area contributed by atoms with Crippen molar-refractivity contribution in [2.75, 3.05) is 11.9 Å². The molecule has 0 heterocycles. The fraction of sp³-hybridized carbons (Fsp3) is 0.562. The van der Waals surface area contributed by atoms with E-state index in [4.69, 9.17) is 4.74 Å². The number of carbonyl (C=O) groups is 1. The molecule has 1 N–H and O–H groups in total. The Balaban J connectivity index is 1.87. The lowest BCUT2D eigenvalue weighted by molar-refractivity contribution is -0.274. The molecular formula is C16H20F3NO3. The number of carbonyl (C=O) groups excluding carboxylic acids is 1. The molecule has 0 spiro atoms. The third-order valence-corrected chi connectivity index (χ3v) is 3.73. The van der Waals surface area contributed by atoms with Crippen molar-refractivity contribution in [3.63, 3.8) is 0 Å². The normalized spacial score (nSPS) is 21.7. The zero-order chi connectivity index (χ0) is 16.9. The summed E-state index contributed by atoms with van der Waals surface area (Å²) in [5.41, 5.74) is -0.0320. The van der Waals surface area contributed by atoms with Crippen LogP contribution >= 0.6 is 0 Å². The fourth-order valence-corrected chi connectivity index (χ4v) is 2.69. The molecule has 0 aromatic heterocycles.